The molecule has 0 radical (unpaired) electrons. The van der Waals surface area contributed by atoms with Gasteiger partial charge in [-0.1, -0.05) is 0 Å². The molecule has 0 spiro atoms. The predicted octanol–water partition coefficient (Wildman–Crippen LogP) is -3.65. The number of hydrogen-bond acceptors (Lipinski definition) is 4. The molecule has 0 saturated carbocycles. The minimum absolute atomic E-state index is 0.202. The van der Waals surface area contributed by atoms with Gasteiger partial charge in [0.15, 0.2) is 13.3 Å². The summed E-state index contributed by atoms with van der Waals surface area (Å²) in [5.41, 5.74) is -1.69. The van der Waals surface area contributed by atoms with E-state index in [0.29, 0.717) is 13.3 Å². The van der Waals surface area contributed by atoms with E-state index in [4.69, 9.17) is 0 Å². The lowest BCUT2D eigenvalue weighted by Gasteiger charge is -2.32. The van der Waals surface area contributed by atoms with Gasteiger partial charge in [0.2, 0.25) is 0 Å². The number of urea groups is 2. The Bertz CT molecular complexity index is 597. The Labute approximate surface area is 152 Å². The molecular formula is C16H28N6O4+2. The van der Waals surface area contributed by atoms with E-state index in [1.807, 2.05) is 0 Å². The molecule has 144 valence electrons. The fourth-order valence-electron chi connectivity index (χ4n) is 3.64. The Morgan fingerprint density at radius 3 is 1.27 bits per heavy atom. The molecule has 3 saturated heterocycles. The number of nitrogens with zero attached hydrogens (tertiary/aromatic N) is 2. The topological polar surface area (TPSA) is 108 Å². The van der Waals surface area contributed by atoms with Gasteiger partial charge in [0, 0.05) is 0 Å². The molecule has 3 fully saturated rings. The number of imide groups is 2. The summed E-state index contributed by atoms with van der Waals surface area (Å²) in [7, 11) is 0. The summed E-state index contributed by atoms with van der Waals surface area (Å²) in [4.78, 5) is 53.4. The number of hydrogen-bond donors (Lipinski definition) is 4. The van der Waals surface area contributed by atoms with Gasteiger partial charge in [-0.05, 0) is 27.7 Å². The molecule has 0 aromatic carbocycles. The van der Waals surface area contributed by atoms with Gasteiger partial charge < -0.3 is 20.4 Å². The Balaban J connectivity index is 1.51. The highest BCUT2D eigenvalue weighted by Crippen LogP contribution is 2.15. The molecule has 6 amide bonds. The zero-order valence-electron chi connectivity index (χ0n) is 15.8. The molecule has 3 aliphatic heterocycles. The third kappa shape index (κ3) is 3.26. The van der Waals surface area contributed by atoms with E-state index in [0.717, 1.165) is 36.0 Å². The van der Waals surface area contributed by atoms with Crippen LogP contribution in [-0.4, -0.2) is 84.3 Å². The van der Waals surface area contributed by atoms with E-state index in [1.165, 1.54) is 9.80 Å². The summed E-state index contributed by atoms with van der Waals surface area (Å²) >= 11 is 0. The van der Waals surface area contributed by atoms with Gasteiger partial charge in [-0.3, -0.25) is 9.59 Å². The van der Waals surface area contributed by atoms with Gasteiger partial charge >= 0.3 is 12.1 Å². The number of quaternary nitrogens is 2. The van der Waals surface area contributed by atoms with Crippen molar-refractivity contribution in [3.8, 4) is 0 Å². The van der Waals surface area contributed by atoms with Crippen molar-refractivity contribution in [2.45, 2.75) is 38.8 Å². The number of rotatable bonds is 4. The number of piperazine rings is 1. The minimum atomic E-state index is -0.847. The number of carbonyl (C=O) groups excluding carboxylic acids is 4. The number of amides is 6. The molecule has 10 heteroatoms. The molecule has 3 rings (SSSR count). The Morgan fingerprint density at radius 1 is 0.731 bits per heavy atom. The van der Waals surface area contributed by atoms with Crippen LogP contribution in [0.1, 0.15) is 27.7 Å². The van der Waals surface area contributed by atoms with Gasteiger partial charge in [-0.15, -0.1) is 0 Å². The second kappa shape index (κ2) is 6.20. The first-order valence-electron chi connectivity index (χ1n) is 8.96. The standard InChI is InChI=1S/C16H26N6O4/c1-15(2)11(23)21(13(25)17-15)9-19-5-7-20(8-6-19)10-22-12(24)16(3,4)18-14(22)26/h5-10H2,1-4H3,(H,17,25)(H,18,26)/p+2. The van der Waals surface area contributed by atoms with Crippen LogP contribution in [0.25, 0.3) is 0 Å². The van der Waals surface area contributed by atoms with E-state index >= 15 is 0 Å². The maximum absolute atomic E-state index is 12.3. The zero-order valence-corrected chi connectivity index (χ0v) is 15.8. The lowest BCUT2D eigenvalue weighted by molar-refractivity contribution is -1.02. The van der Waals surface area contributed by atoms with Crippen molar-refractivity contribution in [2.75, 3.05) is 39.5 Å². The first-order valence-corrected chi connectivity index (χ1v) is 8.96. The summed E-state index contributed by atoms with van der Waals surface area (Å²) in [5, 5.41) is 5.37. The summed E-state index contributed by atoms with van der Waals surface area (Å²) in [5.74, 6) is -0.405. The van der Waals surface area contributed by atoms with Crippen LogP contribution in [0.2, 0.25) is 0 Å². The molecule has 4 N–H and O–H groups in total. The van der Waals surface area contributed by atoms with Crippen LogP contribution >= 0.6 is 0 Å². The van der Waals surface area contributed by atoms with E-state index in [1.54, 1.807) is 27.7 Å². The highest BCUT2D eigenvalue weighted by atomic mass is 16.2. The molecular weight excluding hydrogens is 340 g/mol. The lowest BCUT2D eigenvalue weighted by Crippen LogP contribution is -3.29. The lowest BCUT2D eigenvalue weighted by atomic mass is 10.1. The van der Waals surface area contributed by atoms with E-state index in [-0.39, 0.29) is 23.9 Å². The van der Waals surface area contributed by atoms with Crippen LogP contribution in [-0.2, 0) is 9.59 Å². The first kappa shape index (κ1) is 18.6. The summed E-state index contributed by atoms with van der Waals surface area (Å²) in [6.45, 7) is 10.5. The van der Waals surface area contributed by atoms with Crippen molar-refractivity contribution in [1.29, 1.82) is 0 Å². The maximum Gasteiger partial charge on any atom is 0.329 e. The van der Waals surface area contributed by atoms with E-state index in [2.05, 4.69) is 10.6 Å². The molecule has 3 heterocycles. The molecule has 0 aliphatic carbocycles. The molecule has 0 atom stereocenters. The van der Waals surface area contributed by atoms with Gasteiger partial charge in [0.1, 0.15) is 37.3 Å². The van der Waals surface area contributed by atoms with Crippen LogP contribution < -0.4 is 20.4 Å². The Hall–Kier alpha value is -2.20. The van der Waals surface area contributed by atoms with Crippen molar-refractivity contribution in [3.05, 3.63) is 0 Å². The third-order valence-electron chi connectivity index (χ3n) is 5.32. The van der Waals surface area contributed by atoms with E-state index in [9.17, 15) is 19.2 Å². The van der Waals surface area contributed by atoms with Gasteiger partial charge in [0.25, 0.3) is 11.8 Å². The molecule has 3 aliphatic rings. The molecule has 26 heavy (non-hydrogen) atoms. The summed E-state index contributed by atoms with van der Waals surface area (Å²) < 4.78 is 0. The van der Waals surface area contributed by atoms with Crippen LogP contribution in [0.5, 0.6) is 0 Å². The van der Waals surface area contributed by atoms with Gasteiger partial charge in [0.05, 0.1) is 0 Å². The summed E-state index contributed by atoms with van der Waals surface area (Å²) in [6.07, 6.45) is 0. The molecule has 0 unspecified atom stereocenters. The average molecular weight is 368 g/mol. The monoisotopic (exact) mass is 368 g/mol. The van der Waals surface area contributed by atoms with Crippen molar-refractivity contribution < 1.29 is 29.0 Å². The Kier molecular flexibility index (Phi) is 4.43. The fraction of sp³-hybridized carbons (Fsp3) is 0.750. The largest absolute Gasteiger partial charge is 0.329 e. The van der Waals surface area contributed by atoms with Crippen molar-refractivity contribution >= 4 is 23.9 Å². The van der Waals surface area contributed by atoms with Gasteiger partial charge in [-0.25, -0.2) is 19.4 Å². The van der Waals surface area contributed by atoms with Crippen molar-refractivity contribution in [2.24, 2.45) is 0 Å². The van der Waals surface area contributed by atoms with Crippen LogP contribution in [0.4, 0.5) is 9.59 Å². The smallest absolute Gasteiger partial charge is 0.323 e. The second-order valence-electron chi connectivity index (χ2n) is 8.39. The van der Waals surface area contributed by atoms with Crippen LogP contribution in [0.3, 0.4) is 0 Å². The average Bonchev–Trinajstić information content (AvgIpc) is 2.86. The molecule has 0 aromatic rings. The quantitative estimate of drug-likeness (QED) is 0.384. The maximum atomic E-state index is 12.3. The zero-order chi connectivity index (χ0) is 19.3. The predicted molar refractivity (Wildman–Crippen MR) is 90.0 cm³/mol. The van der Waals surface area contributed by atoms with Crippen molar-refractivity contribution in [1.82, 2.24) is 20.4 Å². The Morgan fingerprint density at radius 2 is 1.04 bits per heavy atom. The third-order valence-corrected chi connectivity index (χ3v) is 5.32. The van der Waals surface area contributed by atoms with E-state index < -0.39 is 11.1 Å². The number of carbonyl (C=O) groups is 4. The second-order valence-corrected chi connectivity index (χ2v) is 8.39. The fourth-order valence-corrected chi connectivity index (χ4v) is 3.64. The number of nitrogens with one attached hydrogen (secondary N) is 4. The van der Waals surface area contributed by atoms with Crippen molar-refractivity contribution in [3.63, 3.8) is 0 Å². The van der Waals surface area contributed by atoms with Crippen LogP contribution in [0, 0.1) is 0 Å². The molecule has 0 aromatic heterocycles. The van der Waals surface area contributed by atoms with Gasteiger partial charge in [-0.2, -0.15) is 0 Å². The highest BCUT2D eigenvalue weighted by Gasteiger charge is 2.47. The first-order chi connectivity index (χ1) is 12.0. The molecule has 10 nitrogen and oxygen atoms in total. The normalized spacial score (nSPS) is 30.6. The minimum Gasteiger partial charge on any atom is -0.323 e. The SMILES string of the molecule is CC1(C)NC(=O)N(C[NH+]2CC[NH+](CN3C(=O)NC(C)(C)C3=O)CC2)C1=O. The summed E-state index contributed by atoms with van der Waals surface area (Å²) in [6, 6.07) is -0.687. The van der Waals surface area contributed by atoms with Crippen LogP contribution in [0.15, 0.2) is 0 Å². The molecule has 0 bridgehead atoms. The highest BCUT2D eigenvalue weighted by molar-refractivity contribution is 6.06.